The molecule has 2 aromatic carbocycles. The van der Waals surface area contributed by atoms with Gasteiger partial charge in [0, 0.05) is 31.3 Å². The van der Waals surface area contributed by atoms with Crippen LogP contribution in [0.5, 0.6) is 0 Å². The van der Waals surface area contributed by atoms with E-state index in [-0.39, 0.29) is 30.3 Å². The van der Waals surface area contributed by atoms with Crippen LogP contribution in [-0.4, -0.2) is 42.3 Å². The van der Waals surface area contributed by atoms with E-state index in [1.54, 1.807) is 4.90 Å². The molecule has 0 saturated carbocycles. The SMILES string of the molecule is CN1c2ccc(C3=CCCCC3)cc2[C@@H]2[C@@H](CCN2C(=O)Nc2cc(F)ccc2F)[C@@H]1CO. The number of nitrogens with one attached hydrogen (secondary N) is 1. The molecule has 0 bridgehead atoms. The Morgan fingerprint density at radius 3 is 2.79 bits per heavy atom. The summed E-state index contributed by atoms with van der Waals surface area (Å²) in [5, 5.41) is 12.7. The first-order valence-corrected chi connectivity index (χ1v) is 11.7. The fourth-order valence-electron chi connectivity index (χ4n) is 5.76. The van der Waals surface area contributed by atoms with Gasteiger partial charge in [0.25, 0.3) is 0 Å². The van der Waals surface area contributed by atoms with Crippen LogP contribution in [-0.2, 0) is 0 Å². The predicted molar refractivity (Wildman–Crippen MR) is 125 cm³/mol. The van der Waals surface area contributed by atoms with Gasteiger partial charge in [-0.2, -0.15) is 0 Å². The molecule has 2 N–H and O–H groups in total. The summed E-state index contributed by atoms with van der Waals surface area (Å²) >= 11 is 0. The highest BCUT2D eigenvalue weighted by atomic mass is 19.1. The van der Waals surface area contributed by atoms with E-state index < -0.39 is 17.7 Å². The first-order valence-electron chi connectivity index (χ1n) is 11.7. The number of aliphatic hydroxyl groups is 1. The van der Waals surface area contributed by atoms with E-state index in [2.05, 4.69) is 34.5 Å². The predicted octanol–water partition coefficient (Wildman–Crippen LogP) is 5.33. The summed E-state index contributed by atoms with van der Waals surface area (Å²) in [4.78, 5) is 17.1. The molecule has 33 heavy (non-hydrogen) atoms. The molecule has 7 heteroatoms. The molecule has 3 atom stereocenters. The maximum atomic E-state index is 14.2. The van der Waals surface area contributed by atoms with E-state index in [1.165, 1.54) is 24.0 Å². The lowest BCUT2D eigenvalue weighted by Crippen LogP contribution is -2.48. The smallest absolute Gasteiger partial charge is 0.322 e. The van der Waals surface area contributed by atoms with Crippen LogP contribution in [0.15, 0.2) is 42.5 Å². The van der Waals surface area contributed by atoms with Crippen molar-refractivity contribution in [3.63, 3.8) is 0 Å². The zero-order valence-corrected chi connectivity index (χ0v) is 18.7. The van der Waals surface area contributed by atoms with Gasteiger partial charge in [-0.15, -0.1) is 0 Å². The number of fused-ring (bicyclic) bond motifs is 3. The Labute approximate surface area is 192 Å². The Hall–Kier alpha value is -2.93. The van der Waals surface area contributed by atoms with Crippen molar-refractivity contribution in [2.24, 2.45) is 5.92 Å². The number of carbonyl (C=O) groups is 1. The summed E-state index contributed by atoms with van der Waals surface area (Å²) in [5.74, 6) is -1.24. The molecular weight excluding hydrogens is 424 g/mol. The highest BCUT2D eigenvalue weighted by Crippen LogP contribution is 2.49. The molecule has 2 amide bonds. The third kappa shape index (κ3) is 3.88. The van der Waals surface area contributed by atoms with Crippen LogP contribution in [0.4, 0.5) is 25.0 Å². The average Bonchev–Trinajstić information content (AvgIpc) is 3.27. The monoisotopic (exact) mass is 453 g/mol. The van der Waals surface area contributed by atoms with Gasteiger partial charge in [-0.3, -0.25) is 0 Å². The van der Waals surface area contributed by atoms with Crippen molar-refractivity contribution in [3.05, 3.63) is 65.2 Å². The van der Waals surface area contributed by atoms with Gasteiger partial charge < -0.3 is 20.2 Å². The highest BCUT2D eigenvalue weighted by Gasteiger charge is 2.47. The van der Waals surface area contributed by atoms with Crippen LogP contribution in [0, 0.1) is 17.6 Å². The molecule has 2 aliphatic heterocycles. The van der Waals surface area contributed by atoms with Crippen LogP contribution in [0.2, 0.25) is 0 Å². The van der Waals surface area contributed by atoms with E-state index >= 15 is 0 Å². The van der Waals surface area contributed by atoms with E-state index in [0.717, 1.165) is 48.7 Å². The van der Waals surface area contributed by atoms with Crippen molar-refractivity contribution in [1.29, 1.82) is 0 Å². The number of carbonyl (C=O) groups excluding carboxylic acids is 1. The molecule has 2 heterocycles. The van der Waals surface area contributed by atoms with Gasteiger partial charge in [0.2, 0.25) is 0 Å². The Kier molecular flexibility index (Phi) is 5.83. The fraction of sp³-hybridized carbons (Fsp3) is 0.423. The Morgan fingerprint density at radius 2 is 2.03 bits per heavy atom. The first-order chi connectivity index (χ1) is 16.0. The van der Waals surface area contributed by atoms with Crippen molar-refractivity contribution < 1.29 is 18.7 Å². The van der Waals surface area contributed by atoms with E-state index in [0.29, 0.717) is 6.54 Å². The maximum absolute atomic E-state index is 14.2. The highest BCUT2D eigenvalue weighted by molar-refractivity contribution is 5.90. The number of likely N-dealkylation sites (tertiary alicyclic amines) is 1. The number of rotatable bonds is 3. The molecule has 1 saturated heterocycles. The van der Waals surface area contributed by atoms with Crippen molar-refractivity contribution in [2.75, 3.05) is 30.4 Å². The molecule has 5 rings (SSSR count). The second-order valence-electron chi connectivity index (χ2n) is 9.25. The Morgan fingerprint density at radius 1 is 1.18 bits per heavy atom. The number of hydrogen-bond donors (Lipinski definition) is 2. The normalized spacial score (nSPS) is 24.2. The standard InChI is InChI=1S/C26H29F2N3O2/c1-30-23-10-7-17(16-5-3-2-4-6-16)13-20(23)25-19(24(30)15-32)11-12-31(25)26(33)29-22-14-18(27)8-9-21(22)28/h5,7-10,13-14,19,24-25,32H,2-4,6,11-12,15H2,1H3,(H,29,33)/t19-,24-,25-/m0/s1. The van der Waals surface area contributed by atoms with Crippen molar-refractivity contribution in [1.82, 2.24) is 4.90 Å². The van der Waals surface area contributed by atoms with Crippen molar-refractivity contribution >= 4 is 23.0 Å². The minimum atomic E-state index is -0.677. The first kappa shape index (κ1) is 21.9. The van der Waals surface area contributed by atoms with Gasteiger partial charge in [-0.25, -0.2) is 13.6 Å². The van der Waals surface area contributed by atoms with Gasteiger partial charge in [-0.05, 0) is 73.1 Å². The zero-order chi connectivity index (χ0) is 23.1. The number of amides is 2. The van der Waals surface area contributed by atoms with Crippen LogP contribution in [0.25, 0.3) is 5.57 Å². The van der Waals surface area contributed by atoms with Gasteiger partial charge in [0.1, 0.15) is 11.6 Å². The Balaban J connectivity index is 1.52. The average molecular weight is 454 g/mol. The third-order valence-electron chi connectivity index (χ3n) is 7.44. The van der Waals surface area contributed by atoms with Crippen molar-refractivity contribution in [2.45, 2.75) is 44.2 Å². The largest absolute Gasteiger partial charge is 0.394 e. The summed E-state index contributed by atoms with van der Waals surface area (Å²) in [5.41, 5.74) is 4.38. The molecule has 174 valence electrons. The molecule has 1 aliphatic carbocycles. The van der Waals surface area contributed by atoms with Gasteiger partial charge in [-0.1, -0.05) is 12.1 Å². The number of urea groups is 1. The quantitative estimate of drug-likeness (QED) is 0.661. The van der Waals surface area contributed by atoms with Crippen LogP contribution in [0.3, 0.4) is 0 Å². The van der Waals surface area contributed by atoms with Crippen LogP contribution < -0.4 is 10.2 Å². The number of benzene rings is 2. The summed E-state index contributed by atoms with van der Waals surface area (Å²) in [6, 6.07) is 8.60. The summed E-state index contributed by atoms with van der Waals surface area (Å²) in [6.07, 6.45) is 7.55. The minimum Gasteiger partial charge on any atom is -0.394 e. The topological polar surface area (TPSA) is 55.8 Å². The molecule has 1 fully saturated rings. The summed E-state index contributed by atoms with van der Waals surface area (Å²) < 4.78 is 27.8. The number of anilines is 2. The second-order valence-corrected chi connectivity index (χ2v) is 9.25. The number of allylic oxidation sites excluding steroid dienone is 2. The molecule has 2 aromatic rings. The van der Waals surface area contributed by atoms with Gasteiger partial charge in [0.05, 0.1) is 24.4 Å². The lowest BCUT2D eigenvalue weighted by molar-refractivity contribution is 0.168. The van der Waals surface area contributed by atoms with E-state index in [1.807, 2.05) is 7.05 Å². The molecule has 0 unspecified atom stereocenters. The molecule has 0 spiro atoms. The zero-order valence-electron chi connectivity index (χ0n) is 18.7. The number of hydrogen-bond acceptors (Lipinski definition) is 3. The Bertz CT molecular complexity index is 1100. The molecule has 3 aliphatic rings. The lowest BCUT2D eigenvalue weighted by atomic mass is 9.80. The molecule has 0 aromatic heterocycles. The van der Waals surface area contributed by atoms with Crippen LogP contribution >= 0.6 is 0 Å². The van der Waals surface area contributed by atoms with Gasteiger partial charge >= 0.3 is 6.03 Å². The number of likely N-dealkylation sites (N-methyl/N-ethyl adjacent to an activating group) is 1. The van der Waals surface area contributed by atoms with Crippen molar-refractivity contribution in [3.8, 4) is 0 Å². The minimum absolute atomic E-state index is 0.0159. The summed E-state index contributed by atoms with van der Waals surface area (Å²) in [6.45, 7) is 0.465. The number of aliphatic hydroxyl groups excluding tert-OH is 1. The fourth-order valence-corrected chi connectivity index (χ4v) is 5.76. The van der Waals surface area contributed by atoms with E-state index in [4.69, 9.17) is 0 Å². The summed E-state index contributed by atoms with van der Waals surface area (Å²) in [7, 11) is 1.99. The van der Waals surface area contributed by atoms with E-state index in [9.17, 15) is 18.7 Å². The lowest BCUT2D eigenvalue weighted by Gasteiger charge is -2.44. The molecular formula is C26H29F2N3O2. The maximum Gasteiger partial charge on any atom is 0.322 e. The molecule has 0 radical (unpaired) electrons. The van der Waals surface area contributed by atoms with Gasteiger partial charge in [0.15, 0.2) is 0 Å². The number of halogens is 2. The second kappa shape index (κ2) is 8.78. The number of nitrogens with zero attached hydrogens (tertiary/aromatic N) is 2. The van der Waals surface area contributed by atoms with Crippen LogP contribution in [0.1, 0.15) is 49.3 Å². The third-order valence-corrected chi connectivity index (χ3v) is 7.44. The molecule has 5 nitrogen and oxygen atoms in total.